The molecule has 0 saturated heterocycles. The molecule has 1 aromatic carbocycles. The molecule has 1 N–H and O–H groups in total. The fraction of sp³-hybridized carbons (Fsp3) is 0.647. The van der Waals surface area contributed by atoms with Gasteiger partial charge in [-0.1, -0.05) is 25.1 Å². The van der Waals surface area contributed by atoms with Gasteiger partial charge < -0.3 is 14.8 Å². The number of methoxy groups -OCH3 is 1. The average molecular weight is 292 g/mol. The van der Waals surface area contributed by atoms with Crippen molar-refractivity contribution in [3.63, 3.8) is 0 Å². The highest BCUT2D eigenvalue weighted by Crippen LogP contribution is 2.33. The van der Waals surface area contributed by atoms with Crippen LogP contribution in [0.2, 0.25) is 0 Å². The lowest BCUT2D eigenvalue weighted by atomic mass is 9.95. The number of ether oxygens (including phenoxy) is 2. The predicted molar refractivity (Wildman–Crippen MR) is 85.9 cm³/mol. The van der Waals surface area contributed by atoms with E-state index in [9.17, 15) is 0 Å². The van der Waals surface area contributed by atoms with Gasteiger partial charge in [-0.25, -0.2) is 0 Å². The molecule has 4 heteroatoms. The molecule has 2 atom stereocenters. The zero-order valence-corrected chi connectivity index (χ0v) is 13.5. The Morgan fingerprint density at radius 1 is 1.38 bits per heavy atom. The third kappa shape index (κ3) is 4.19. The predicted octanol–water partition coefficient (Wildman–Crippen LogP) is 2.46. The van der Waals surface area contributed by atoms with Crippen molar-refractivity contribution < 1.29 is 9.47 Å². The van der Waals surface area contributed by atoms with E-state index >= 15 is 0 Å². The second kappa shape index (κ2) is 8.37. The van der Waals surface area contributed by atoms with E-state index in [2.05, 4.69) is 42.4 Å². The minimum Gasteiger partial charge on any atom is -0.492 e. The van der Waals surface area contributed by atoms with Gasteiger partial charge in [-0.15, -0.1) is 0 Å². The number of para-hydroxylation sites is 1. The van der Waals surface area contributed by atoms with Crippen LogP contribution in [0.15, 0.2) is 24.3 Å². The number of likely N-dealkylation sites (N-methyl/N-ethyl adjacent to an activating group) is 1. The van der Waals surface area contributed by atoms with Crippen molar-refractivity contribution in [2.24, 2.45) is 0 Å². The van der Waals surface area contributed by atoms with E-state index in [4.69, 9.17) is 9.47 Å². The summed E-state index contributed by atoms with van der Waals surface area (Å²) in [6.07, 6.45) is 2.19. The van der Waals surface area contributed by atoms with Crippen molar-refractivity contribution in [2.45, 2.75) is 31.8 Å². The molecule has 1 aliphatic rings. The first kappa shape index (κ1) is 16.3. The molecule has 0 amide bonds. The Labute approximate surface area is 128 Å². The Balaban J connectivity index is 2.09. The van der Waals surface area contributed by atoms with Crippen LogP contribution in [0.4, 0.5) is 0 Å². The van der Waals surface area contributed by atoms with Crippen molar-refractivity contribution in [3.05, 3.63) is 29.8 Å². The highest BCUT2D eigenvalue weighted by Gasteiger charge is 2.32. The molecule has 2 rings (SSSR count). The Kier molecular flexibility index (Phi) is 6.49. The summed E-state index contributed by atoms with van der Waals surface area (Å²) in [6, 6.07) is 9.08. The average Bonchev–Trinajstić information content (AvgIpc) is 2.52. The Hall–Kier alpha value is -1.10. The molecule has 1 heterocycles. The van der Waals surface area contributed by atoms with E-state index in [0.29, 0.717) is 12.1 Å². The lowest BCUT2D eigenvalue weighted by molar-refractivity contribution is 0.0953. The second-order valence-electron chi connectivity index (χ2n) is 5.67. The molecule has 0 fully saturated rings. The molecule has 118 valence electrons. The molecule has 1 aromatic rings. The summed E-state index contributed by atoms with van der Waals surface area (Å²) in [5.41, 5.74) is 1.28. The molecular weight excluding hydrogens is 264 g/mol. The van der Waals surface area contributed by atoms with Crippen LogP contribution >= 0.6 is 0 Å². The van der Waals surface area contributed by atoms with Crippen LogP contribution in [0.1, 0.15) is 31.4 Å². The molecule has 0 radical (unpaired) electrons. The van der Waals surface area contributed by atoms with E-state index in [1.807, 2.05) is 6.07 Å². The van der Waals surface area contributed by atoms with Gasteiger partial charge >= 0.3 is 0 Å². The van der Waals surface area contributed by atoms with Crippen LogP contribution in [0.25, 0.3) is 0 Å². The summed E-state index contributed by atoms with van der Waals surface area (Å²) in [7, 11) is 3.93. The molecule has 0 bridgehead atoms. The summed E-state index contributed by atoms with van der Waals surface area (Å²) in [4.78, 5) is 2.39. The molecule has 0 aliphatic carbocycles. The number of hydrogen-bond acceptors (Lipinski definition) is 4. The highest BCUT2D eigenvalue weighted by atomic mass is 16.5. The van der Waals surface area contributed by atoms with Crippen molar-refractivity contribution in [2.75, 3.05) is 40.5 Å². The zero-order chi connectivity index (χ0) is 15.1. The maximum Gasteiger partial charge on any atom is 0.124 e. The molecule has 0 aromatic heterocycles. The van der Waals surface area contributed by atoms with E-state index < -0.39 is 0 Å². The number of hydrogen-bond donors (Lipinski definition) is 1. The zero-order valence-electron chi connectivity index (χ0n) is 13.5. The van der Waals surface area contributed by atoms with Gasteiger partial charge in [-0.05, 0) is 32.5 Å². The summed E-state index contributed by atoms with van der Waals surface area (Å²) in [6.45, 7) is 5.80. The molecule has 0 spiro atoms. The van der Waals surface area contributed by atoms with Gasteiger partial charge in [0.1, 0.15) is 12.4 Å². The van der Waals surface area contributed by atoms with Gasteiger partial charge in [0.2, 0.25) is 0 Å². The van der Waals surface area contributed by atoms with Crippen molar-refractivity contribution in [1.82, 2.24) is 10.2 Å². The first-order valence-corrected chi connectivity index (χ1v) is 7.92. The standard InChI is InChI=1S/C17H28N2O2/c1-4-10-18-17-14-8-5-6-9-16(14)21-13-15(17)19(2)11-7-12-20-3/h5-6,8-9,15,17-18H,4,7,10-13H2,1-3H3. The topological polar surface area (TPSA) is 33.7 Å². The normalized spacial score (nSPS) is 21.1. The number of nitrogens with zero attached hydrogens (tertiary/aromatic N) is 1. The lowest BCUT2D eigenvalue weighted by Crippen LogP contribution is -2.49. The van der Waals surface area contributed by atoms with Crippen LogP contribution < -0.4 is 10.1 Å². The Bertz CT molecular complexity index is 425. The van der Waals surface area contributed by atoms with Gasteiger partial charge in [0.05, 0.1) is 12.1 Å². The Morgan fingerprint density at radius 2 is 2.19 bits per heavy atom. The Morgan fingerprint density at radius 3 is 2.95 bits per heavy atom. The highest BCUT2D eigenvalue weighted by molar-refractivity contribution is 5.38. The minimum absolute atomic E-state index is 0.336. The summed E-state index contributed by atoms with van der Waals surface area (Å²) < 4.78 is 11.1. The van der Waals surface area contributed by atoms with E-state index in [-0.39, 0.29) is 0 Å². The van der Waals surface area contributed by atoms with Crippen LogP contribution in [0.3, 0.4) is 0 Å². The maximum absolute atomic E-state index is 5.96. The van der Waals surface area contributed by atoms with E-state index in [0.717, 1.165) is 44.9 Å². The molecule has 0 saturated carbocycles. The second-order valence-corrected chi connectivity index (χ2v) is 5.67. The molecule has 21 heavy (non-hydrogen) atoms. The van der Waals surface area contributed by atoms with Crippen molar-refractivity contribution >= 4 is 0 Å². The van der Waals surface area contributed by atoms with Gasteiger partial charge in [-0.3, -0.25) is 4.90 Å². The van der Waals surface area contributed by atoms with Gasteiger partial charge in [-0.2, -0.15) is 0 Å². The molecule has 4 nitrogen and oxygen atoms in total. The summed E-state index contributed by atoms with van der Waals surface area (Å²) in [5.74, 6) is 1.02. The van der Waals surface area contributed by atoms with Crippen LogP contribution in [0.5, 0.6) is 5.75 Å². The third-order valence-corrected chi connectivity index (χ3v) is 4.09. The monoisotopic (exact) mass is 292 g/mol. The van der Waals surface area contributed by atoms with Crippen LogP contribution in [-0.2, 0) is 4.74 Å². The SMILES string of the molecule is CCCNC1c2ccccc2OCC1N(C)CCCOC. The first-order valence-electron chi connectivity index (χ1n) is 7.92. The van der Waals surface area contributed by atoms with E-state index in [1.165, 1.54) is 5.56 Å². The number of rotatable bonds is 8. The van der Waals surface area contributed by atoms with Gasteiger partial charge in [0, 0.05) is 25.8 Å². The first-order chi connectivity index (χ1) is 10.3. The van der Waals surface area contributed by atoms with Crippen molar-refractivity contribution in [1.29, 1.82) is 0 Å². The van der Waals surface area contributed by atoms with Crippen molar-refractivity contribution in [3.8, 4) is 5.75 Å². The largest absolute Gasteiger partial charge is 0.492 e. The maximum atomic E-state index is 5.96. The molecule has 1 aliphatic heterocycles. The minimum atomic E-state index is 0.336. The smallest absolute Gasteiger partial charge is 0.124 e. The fourth-order valence-electron chi connectivity index (χ4n) is 2.90. The quantitative estimate of drug-likeness (QED) is 0.746. The summed E-state index contributed by atoms with van der Waals surface area (Å²) in [5, 5.41) is 3.70. The van der Waals surface area contributed by atoms with Crippen LogP contribution in [-0.4, -0.2) is 51.4 Å². The van der Waals surface area contributed by atoms with E-state index in [1.54, 1.807) is 7.11 Å². The molecule has 2 unspecified atom stereocenters. The number of fused-ring (bicyclic) bond motifs is 1. The van der Waals surface area contributed by atoms with Gasteiger partial charge in [0.15, 0.2) is 0 Å². The number of nitrogens with one attached hydrogen (secondary N) is 1. The lowest BCUT2D eigenvalue weighted by Gasteiger charge is -2.39. The van der Waals surface area contributed by atoms with Crippen LogP contribution in [0, 0.1) is 0 Å². The summed E-state index contributed by atoms with van der Waals surface area (Å²) >= 11 is 0. The molecular formula is C17H28N2O2. The third-order valence-electron chi connectivity index (χ3n) is 4.09. The van der Waals surface area contributed by atoms with Gasteiger partial charge in [0.25, 0.3) is 0 Å². The fourth-order valence-corrected chi connectivity index (χ4v) is 2.90. The number of benzene rings is 1.